The zero-order valence-electron chi connectivity index (χ0n) is 19.5. The van der Waals surface area contributed by atoms with Gasteiger partial charge in [-0.3, -0.25) is 9.69 Å². The Bertz CT molecular complexity index is 1180. The van der Waals surface area contributed by atoms with E-state index in [1.54, 1.807) is 12.1 Å². The number of amides is 1. The Morgan fingerprint density at radius 2 is 1.76 bits per heavy atom. The highest BCUT2D eigenvalue weighted by Gasteiger charge is 2.25. The van der Waals surface area contributed by atoms with Gasteiger partial charge in [-0.15, -0.1) is 0 Å². The minimum Gasteiger partial charge on any atom is -0.366 e. The molecule has 7 heteroatoms. The Hall–Kier alpha value is -3.45. The molecule has 0 radical (unpaired) electrons. The fourth-order valence-electron chi connectivity index (χ4n) is 4.64. The summed E-state index contributed by atoms with van der Waals surface area (Å²) in [6, 6.07) is 15.2. The van der Waals surface area contributed by atoms with Crippen molar-refractivity contribution in [2.45, 2.75) is 13.3 Å². The molecule has 3 aromatic rings. The maximum absolute atomic E-state index is 14.1. The van der Waals surface area contributed by atoms with Gasteiger partial charge in [-0.1, -0.05) is 35.9 Å². The molecule has 0 unspecified atom stereocenters. The molecule has 2 aliphatic heterocycles. The number of carbonyl (C=O) groups excluding carboxylic acids is 1. The van der Waals surface area contributed by atoms with Crippen molar-refractivity contribution in [3.05, 3.63) is 83.9 Å². The van der Waals surface area contributed by atoms with Gasteiger partial charge in [-0.05, 0) is 43.2 Å². The van der Waals surface area contributed by atoms with E-state index in [-0.39, 0.29) is 11.7 Å². The first-order valence-corrected chi connectivity index (χ1v) is 11.9. The highest BCUT2D eigenvalue weighted by atomic mass is 19.1. The predicted octanol–water partition coefficient (Wildman–Crippen LogP) is 3.76. The Labute approximate surface area is 199 Å². The van der Waals surface area contributed by atoms with E-state index >= 15 is 0 Å². The van der Waals surface area contributed by atoms with E-state index in [1.807, 2.05) is 26.7 Å². The minimum absolute atomic E-state index is 0.150. The second kappa shape index (κ2) is 9.81. The number of para-hydroxylation sites is 1. The van der Waals surface area contributed by atoms with Crippen molar-refractivity contribution >= 4 is 17.2 Å². The number of aromatic nitrogens is 2. The van der Waals surface area contributed by atoms with Gasteiger partial charge < -0.3 is 9.80 Å². The van der Waals surface area contributed by atoms with Crippen LogP contribution in [0.4, 0.5) is 10.1 Å². The van der Waals surface area contributed by atoms with Gasteiger partial charge in [0.1, 0.15) is 5.82 Å². The Kier molecular flexibility index (Phi) is 6.45. The van der Waals surface area contributed by atoms with E-state index < -0.39 is 0 Å². The molecule has 0 aliphatic carbocycles. The fourth-order valence-corrected chi connectivity index (χ4v) is 4.64. The van der Waals surface area contributed by atoms with E-state index in [0.717, 1.165) is 30.8 Å². The van der Waals surface area contributed by atoms with Crippen molar-refractivity contribution < 1.29 is 9.18 Å². The lowest BCUT2D eigenvalue weighted by atomic mass is 10.0. The van der Waals surface area contributed by atoms with Crippen LogP contribution in [0.5, 0.6) is 0 Å². The number of hydrogen-bond donors (Lipinski definition) is 0. The van der Waals surface area contributed by atoms with Crippen LogP contribution in [0.1, 0.15) is 17.5 Å². The predicted molar refractivity (Wildman–Crippen MR) is 133 cm³/mol. The summed E-state index contributed by atoms with van der Waals surface area (Å²) in [6.07, 6.45) is 7.10. The number of nitrogens with zero attached hydrogens (tertiary/aromatic N) is 5. The average Bonchev–Trinajstić information content (AvgIpc) is 3.36. The summed E-state index contributed by atoms with van der Waals surface area (Å²) in [4.78, 5) is 19.0. The highest BCUT2D eigenvalue weighted by Crippen LogP contribution is 2.24. The number of benzene rings is 2. The zero-order chi connectivity index (χ0) is 23.5. The van der Waals surface area contributed by atoms with Crippen LogP contribution in [0.15, 0.2) is 67.0 Å². The number of aryl methyl sites for hydroxylation is 1. The van der Waals surface area contributed by atoms with E-state index in [2.05, 4.69) is 53.5 Å². The zero-order valence-corrected chi connectivity index (χ0v) is 19.5. The number of piperazine rings is 1. The first-order valence-electron chi connectivity index (χ1n) is 11.9. The lowest BCUT2D eigenvalue weighted by Gasteiger charge is -2.37. The SMILES string of the molecule is Cc1ccc(-n2cc(C3=CCN(CC(=O)N4CCN(c5ccccc5F)CC4)CC3)cn2)cc1. The fraction of sp³-hybridized carbons (Fsp3) is 0.333. The molecule has 0 spiro atoms. The summed E-state index contributed by atoms with van der Waals surface area (Å²) >= 11 is 0. The molecule has 1 fully saturated rings. The summed E-state index contributed by atoms with van der Waals surface area (Å²) < 4.78 is 16.0. The van der Waals surface area contributed by atoms with Gasteiger partial charge in [0.05, 0.1) is 24.1 Å². The van der Waals surface area contributed by atoms with Crippen LogP contribution in [0, 0.1) is 12.7 Å². The minimum atomic E-state index is -0.206. The third-order valence-electron chi connectivity index (χ3n) is 6.73. The summed E-state index contributed by atoms with van der Waals surface area (Å²) in [5, 5.41) is 4.53. The Morgan fingerprint density at radius 3 is 2.47 bits per heavy atom. The molecule has 2 aliphatic rings. The molecular formula is C27H30FN5O. The van der Waals surface area contributed by atoms with E-state index in [1.165, 1.54) is 17.2 Å². The molecular weight excluding hydrogens is 429 g/mol. The summed E-state index contributed by atoms with van der Waals surface area (Å²) in [7, 11) is 0. The molecule has 3 heterocycles. The van der Waals surface area contributed by atoms with Crippen molar-refractivity contribution in [2.75, 3.05) is 50.7 Å². The molecule has 5 rings (SSSR count). The average molecular weight is 460 g/mol. The smallest absolute Gasteiger partial charge is 0.236 e. The first-order chi connectivity index (χ1) is 16.6. The van der Waals surface area contributed by atoms with E-state index in [4.69, 9.17) is 0 Å². The van der Waals surface area contributed by atoms with Gasteiger partial charge in [-0.25, -0.2) is 9.07 Å². The lowest BCUT2D eigenvalue weighted by Crippen LogP contribution is -2.51. The maximum Gasteiger partial charge on any atom is 0.236 e. The normalized spacial score (nSPS) is 17.1. The quantitative estimate of drug-likeness (QED) is 0.583. The van der Waals surface area contributed by atoms with Crippen LogP contribution in [-0.2, 0) is 4.79 Å². The maximum atomic E-state index is 14.1. The molecule has 0 saturated carbocycles. The van der Waals surface area contributed by atoms with E-state index in [0.29, 0.717) is 38.4 Å². The summed E-state index contributed by atoms with van der Waals surface area (Å²) in [5.74, 6) is -0.0557. The Balaban J connectivity index is 1.13. The highest BCUT2D eigenvalue weighted by molar-refractivity contribution is 5.79. The third-order valence-corrected chi connectivity index (χ3v) is 6.73. The van der Waals surface area contributed by atoms with Crippen molar-refractivity contribution in [1.29, 1.82) is 0 Å². The first kappa shape index (κ1) is 22.3. The van der Waals surface area contributed by atoms with Gasteiger partial charge in [-0.2, -0.15) is 5.10 Å². The monoisotopic (exact) mass is 459 g/mol. The molecule has 1 aromatic heterocycles. The summed E-state index contributed by atoms with van der Waals surface area (Å²) in [6.45, 7) is 6.66. The second-order valence-corrected chi connectivity index (χ2v) is 9.04. The van der Waals surface area contributed by atoms with Gasteiger partial charge >= 0.3 is 0 Å². The molecule has 0 N–H and O–H groups in total. The van der Waals surface area contributed by atoms with Crippen molar-refractivity contribution in [3.8, 4) is 5.69 Å². The van der Waals surface area contributed by atoms with Crippen LogP contribution >= 0.6 is 0 Å². The van der Waals surface area contributed by atoms with Crippen molar-refractivity contribution in [3.63, 3.8) is 0 Å². The van der Waals surface area contributed by atoms with E-state index in [9.17, 15) is 9.18 Å². The van der Waals surface area contributed by atoms with Gasteiger partial charge in [0.15, 0.2) is 0 Å². The number of carbonyl (C=O) groups is 1. The van der Waals surface area contributed by atoms with Crippen LogP contribution in [-0.4, -0.2) is 71.3 Å². The molecule has 176 valence electrons. The molecule has 1 amide bonds. The molecule has 2 aromatic carbocycles. The molecule has 0 bridgehead atoms. The lowest BCUT2D eigenvalue weighted by molar-refractivity contribution is -0.132. The third kappa shape index (κ3) is 4.89. The Morgan fingerprint density at radius 1 is 1.00 bits per heavy atom. The summed E-state index contributed by atoms with van der Waals surface area (Å²) in [5.41, 5.74) is 5.31. The van der Waals surface area contributed by atoms with Gasteiger partial charge in [0, 0.05) is 51.0 Å². The van der Waals surface area contributed by atoms with Crippen LogP contribution in [0.3, 0.4) is 0 Å². The number of rotatable bonds is 5. The number of anilines is 1. The topological polar surface area (TPSA) is 44.6 Å². The van der Waals surface area contributed by atoms with Crippen LogP contribution in [0.2, 0.25) is 0 Å². The van der Waals surface area contributed by atoms with Crippen LogP contribution in [0.25, 0.3) is 11.3 Å². The molecule has 1 saturated heterocycles. The largest absolute Gasteiger partial charge is 0.366 e. The molecule has 34 heavy (non-hydrogen) atoms. The number of hydrogen-bond acceptors (Lipinski definition) is 4. The molecule has 6 nitrogen and oxygen atoms in total. The standard InChI is InChI=1S/C27H30FN5O/c1-21-6-8-24(9-7-21)33-19-23(18-29-33)22-10-12-30(13-11-22)20-27(34)32-16-14-31(15-17-32)26-5-3-2-4-25(26)28/h2-10,18-19H,11-17,20H2,1H3. The molecule has 0 atom stereocenters. The van der Waals surface area contributed by atoms with Crippen molar-refractivity contribution in [2.24, 2.45) is 0 Å². The van der Waals surface area contributed by atoms with Gasteiger partial charge in [0.2, 0.25) is 5.91 Å². The van der Waals surface area contributed by atoms with Crippen molar-refractivity contribution in [1.82, 2.24) is 19.6 Å². The van der Waals surface area contributed by atoms with Gasteiger partial charge in [0.25, 0.3) is 0 Å². The second-order valence-electron chi connectivity index (χ2n) is 9.04. The van der Waals surface area contributed by atoms with Crippen LogP contribution < -0.4 is 4.90 Å². The number of halogens is 1.